The maximum absolute atomic E-state index is 13.8. The van der Waals surface area contributed by atoms with Gasteiger partial charge in [-0.05, 0) is 35.9 Å². The van der Waals surface area contributed by atoms with Gasteiger partial charge in [-0.3, -0.25) is 20.9 Å². The van der Waals surface area contributed by atoms with Crippen molar-refractivity contribution in [2.75, 3.05) is 16.1 Å². The molecule has 8 rings (SSSR count). The molecule has 0 atom stereocenters. The lowest BCUT2D eigenvalue weighted by atomic mass is 10.2. The Bertz CT molecular complexity index is 2120. The number of nitrogens with one attached hydrogen (secondary N) is 3. The topological polar surface area (TPSA) is 133 Å². The molecule has 46 heavy (non-hydrogen) atoms. The minimum Gasteiger partial charge on any atom is -0.300 e. The van der Waals surface area contributed by atoms with Gasteiger partial charge in [-0.1, -0.05) is 108 Å². The normalized spacial score (nSPS) is 13.8. The van der Waals surface area contributed by atoms with Gasteiger partial charge in [0.25, 0.3) is 5.91 Å². The molecule has 4 aromatic carbocycles. The zero-order valence-corrected chi connectivity index (χ0v) is 25.5. The molecule has 0 saturated carbocycles. The van der Waals surface area contributed by atoms with Gasteiger partial charge in [0, 0.05) is 5.56 Å². The predicted molar refractivity (Wildman–Crippen MR) is 183 cm³/mol. The highest BCUT2D eigenvalue weighted by Gasteiger charge is 2.32. The zero-order chi connectivity index (χ0) is 30.9. The zero-order valence-electron chi connectivity index (χ0n) is 23.8. The van der Waals surface area contributed by atoms with Gasteiger partial charge in [0.1, 0.15) is 5.70 Å². The summed E-state index contributed by atoms with van der Waals surface area (Å²) in [6.07, 6.45) is 1.75. The second-order valence-corrected chi connectivity index (χ2v) is 12.1. The van der Waals surface area contributed by atoms with Crippen molar-refractivity contribution in [3.8, 4) is 0 Å². The summed E-state index contributed by atoms with van der Waals surface area (Å²) in [5.74, 6) is 0.620. The molecule has 0 unspecified atom stereocenters. The van der Waals surface area contributed by atoms with Crippen LogP contribution in [0.4, 0.5) is 28.1 Å². The van der Waals surface area contributed by atoms with Crippen LogP contribution in [-0.2, 0) is 4.79 Å². The van der Waals surface area contributed by atoms with Crippen molar-refractivity contribution >= 4 is 89.0 Å². The van der Waals surface area contributed by atoms with E-state index < -0.39 is 0 Å². The molecule has 11 nitrogen and oxygen atoms in total. The standard InChI is InChI=1S/C33H22N10OS2/c44-28-24(19-20-11-3-1-4-12-20)34-27(21-13-5-2-6-14-21)43(28)42-31-38-29(40-32-35-22-15-7-9-17-25(22)45-32)37-30(39-31)41-33-36-23-16-8-10-18-26(23)46-33/h1-19H,(H3,35,36,37,38,39,40,41,42)/b24-19+. The molecule has 3 aromatic heterocycles. The maximum Gasteiger partial charge on any atom is 0.297 e. The fraction of sp³-hybridized carbons (Fsp3) is 0. The number of amides is 1. The summed E-state index contributed by atoms with van der Waals surface area (Å²) in [4.78, 5) is 41.7. The number of para-hydroxylation sites is 2. The third kappa shape index (κ3) is 5.63. The fourth-order valence-corrected chi connectivity index (χ4v) is 6.51. The fourth-order valence-electron chi connectivity index (χ4n) is 4.79. The van der Waals surface area contributed by atoms with E-state index in [1.807, 2.05) is 109 Å². The van der Waals surface area contributed by atoms with Crippen molar-refractivity contribution in [2.45, 2.75) is 0 Å². The number of hydrogen-bond donors (Lipinski definition) is 3. The highest BCUT2D eigenvalue weighted by molar-refractivity contribution is 7.22. The van der Waals surface area contributed by atoms with Crippen LogP contribution in [0.3, 0.4) is 0 Å². The Labute approximate surface area is 270 Å². The van der Waals surface area contributed by atoms with E-state index >= 15 is 0 Å². The molecule has 4 heterocycles. The van der Waals surface area contributed by atoms with Gasteiger partial charge in [0.2, 0.25) is 17.8 Å². The molecular formula is C33H22N10OS2. The lowest BCUT2D eigenvalue weighted by molar-refractivity contribution is -0.121. The minimum absolute atomic E-state index is 0.111. The average molecular weight is 639 g/mol. The number of carbonyl (C=O) groups excluding carboxylic acids is 1. The van der Waals surface area contributed by atoms with E-state index in [4.69, 9.17) is 4.99 Å². The molecule has 0 saturated heterocycles. The third-order valence-corrected chi connectivity index (χ3v) is 8.77. The first-order valence-electron chi connectivity index (χ1n) is 14.2. The molecule has 222 valence electrons. The molecule has 1 amide bonds. The van der Waals surface area contributed by atoms with E-state index in [-0.39, 0.29) is 29.4 Å². The quantitative estimate of drug-likeness (QED) is 0.147. The van der Waals surface area contributed by atoms with Crippen molar-refractivity contribution in [1.29, 1.82) is 0 Å². The van der Waals surface area contributed by atoms with Crippen LogP contribution in [0.1, 0.15) is 11.1 Å². The van der Waals surface area contributed by atoms with Crippen LogP contribution in [-0.4, -0.2) is 41.7 Å². The van der Waals surface area contributed by atoms with Gasteiger partial charge in [-0.2, -0.15) is 20.0 Å². The Morgan fingerprint density at radius 1 is 0.587 bits per heavy atom. The van der Waals surface area contributed by atoms with Gasteiger partial charge in [-0.25, -0.2) is 15.0 Å². The molecule has 0 bridgehead atoms. The molecule has 1 aliphatic heterocycles. The molecule has 0 aliphatic carbocycles. The first-order chi connectivity index (χ1) is 22.6. The SMILES string of the molecule is O=C1/C(=C\c2ccccc2)N=C(c2ccccc2)N1Nc1nc(Nc2nc3ccccc3s2)nc(Nc2nc3ccccc3s2)n1. The monoisotopic (exact) mass is 638 g/mol. The van der Waals surface area contributed by atoms with E-state index in [1.54, 1.807) is 6.08 Å². The van der Waals surface area contributed by atoms with Gasteiger partial charge in [0.15, 0.2) is 16.1 Å². The number of benzene rings is 4. The van der Waals surface area contributed by atoms with Crippen LogP contribution in [0.2, 0.25) is 0 Å². The van der Waals surface area contributed by atoms with Crippen LogP contribution >= 0.6 is 22.7 Å². The molecule has 1 aliphatic rings. The summed E-state index contributed by atoms with van der Waals surface area (Å²) >= 11 is 2.96. The number of hydrogen-bond acceptors (Lipinski definition) is 12. The molecule has 0 radical (unpaired) electrons. The minimum atomic E-state index is -0.357. The lowest BCUT2D eigenvalue weighted by Crippen LogP contribution is -2.38. The summed E-state index contributed by atoms with van der Waals surface area (Å²) in [7, 11) is 0. The van der Waals surface area contributed by atoms with E-state index in [1.165, 1.54) is 27.7 Å². The number of aliphatic imine (C=N–C) groups is 1. The predicted octanol–water partition coefficient (Wildman–Crippen LogP) is 7.24. The van der Waals surface area contributed by atoms with Crippen molar-refractivity contribution in [3.63, 3.8) is 0 Å². The van der Waals surface area contributed by atoms with Gasteiger partial charge in [-0.15, -0.1) is 0 Å². The van der Waals surface area contributed by atoms with Crippen LogP contribution in [0, 0.1) is 0 Å². The lowest BCUT2D eigenvalue weighted by Gasteiger charge is -2.19. The van der Waals surface area contributed by atoms with Gasteiger partial charge >= 0.3 is 0 Å². The summed E-state index contributed by atoms with van der Waals surface area (Å²) in [6, 6.07) is 34.8. The van der Waals surface area contributed by atoms with Gasteiger partial charge < -0.3 is 0 Å². The number of thiazole rings is 2. The Morgan fingerprint density at radius 3 is 1.70 bits per heavy atom. The van der Waals surface area contributed by atoms with Crippen molar-refractivity contribution in [2.24, 2.45) is 4.99 Å². The molecule has 13 heteroatoms. The summed E-state index contributed by atoms with van der Waals surface area (Å²) in [5.41, 5.74) is 6.69. The van der Waals surface area contributed by atoms with Crippen LogP contribution in [0.5, 0.6) is 0 Å². The Balaban J connectivity index is 1.17. The molecule has 3 N–H and O–H groups in total. The average Bonchev–Trinajstić information content (AvgIpc) is 3.77. The van der Waals surface area contributed by atoms with E-state index in [0.717, 1.165) is 31.6 Å². The highest BCUT2D eigenvalue weighted by Crippen LogP contribution is 2.30. The second kappa shape index (κ2) is 11.8. The summed E-state index contributed by atoms with van der Waals surface area (Å²) in [5, 5.41) is 8.99. The number of amidine groups is 1. The number of anilines is 5. The van der Waals surface area contributed by atoms with E-state index in [0.29, 0.717) is 16.1 Å². The Morgan fingerprint density at radius 2 is 1.11 bits per heavy atom. The summed E-state index contributed by atoms with van der Waals surface area (Å²) in [6.45, 7) is 0. The third-order valence-electron chi connectivity index (χ3n) is 6.87. The molecule has 0 fully saturated rings. The number of carbonyl (C=O) groups is 1. The van der Waals surface area contributed by atoms with Crippen LogP contribution in [0.25, 0.3) is 26.5 Å². The summed E-state index contributed by atoms with van der Waals surface area (Å²) < 4.78 is 2.05. The van der Waals surface area contributed by atoms with Crippen molar-refractivity contribution in [3.05, 3.63) is 126 Å². The number of aromatic nitrogens is 5. The van der Waals surface area contributed by atoms with Crippen molar-refractivity contribution < 1.29 is 4.79 Å². The Kier molecular flexibility index (Phi) is 7.05. The largest absolute Gasteiger partial charge is 0.300 e. The molecule has 0 spiro atoms. The molecule has 7 aromatic rings. The van der Waals surface area contributed by atoms with Crippen LogP contribution < -0.4 is 16.1 Å². The maximum atomic E-state index is 13.8. The van der Waals surface area contributed by atoms with E-state index in [9.17, 15) is 4.79 Å². The number of fused-ring (bicyclic) bond motifs is 2. The van der Waals surface area contributed by atoms with Crippen LogP contribution in [0.15, 0.2) is 120 Å². The smallest absolute Gasteiger partial charge is 0.297 e. The highest BCUT2D eigenvalue weighted by atomic mass is 32.1. The first-order valence-corrected chi connectivity index (χ1v) is 15.8. The second-order valence-electron chi connectivity index (χ2n) is 10.0. The van der Waals surface area contributed by atoms with E-state index in [2.05, 4.69) is 41.0 Å². The van der Waals surface area contributed by atoms with Gasteiger partial charge in [0.05, 0.1) is 20.4 Å². The van der Waals surface area contributed by atoms with Crippen molar-refractivity contribution in [1.82, 2.24) is 29.9 Å². The number of nitrogens with zero attached hydrogens (tertiary/aromatic N) is 7. The molecular weight excluding hydrogens is 617 g/mol. The first kappa shape index (κ1) is 27.5. The number of rotatable bonds is 8. The Hall–Kier alpha value is -6.05. The number of hydrazine groups is 1.